The highest BCUT2D eigenvalue weighted by atomic mass is 16.5. The molecule has 6 nitrogen and oxygen atoms in total. The molecule has 3 aromatic rings. The van der Waals surface area contributed by atoms with Gasteiger partial charge in [0.2, 0.25) is 0 Å². The molecular weight excluding hydrogens is 344 g/mol. The van der Waals surface area contributed by atoms with Crippen LogP contribution in [0.15, 0.2) is 35.1 Å². The molecule has 0 radical (unpaired) electrons. The van der Waals surface area contributed by atoms with Crippen LogP contribution in [0.3, 0.4) is 0 Å². The van der Waals surface area contributed by atoms with Gasteiger partial charge in [-0.3, -0.25) is 4.79 Å². The average molecular weight is 368 g/mol. The normalized spacial score (nSPS) is 10.9. The molecule has 0 aliphatic carbocycles. The summed E-state index contributed by atoms with van der Waals surface area (Å²) < 4.78 is 16.4. The van der Waals surface area contributed by atoms with Gasteiger partial charge in [-0.05, 0) is 60.2 Å². The van der Waals surface area contributed by atoms with Crippen LogP contribution in [0, 0.1) is 13.8 Å². The first-order valence-electron chi connectivity index (χ1n) is 8.72. The summed E-state index contributed by atoms with van der Waals surface area (Å²) in [5, 5.41) is 1.25. The van der Waals surface area contributed by atoms with Gasteiger partial charge in [-0.1, -0.05) is 0 Å². The Hall–Kier alpha value is -2.99. The molecule has 2 aromatic carbocycles. The first-order chi connectivity index (χ1) is 13.0. The number of nitrogens with two attached hydrogens (primary N) is 1. The maximum atomic E-state index is 12.7. The molecule has 0 fully saturated rings. The van der Waals surface area contributed by atoms with Gasteiger partial charge in [0.15, 0.2) is 0 Å². The largest absolute Gasteiger partial charge is 0.497 e. The van der Waals surface area contributed by atoms with Gasteiger partial charge >= 0.3 is 0 Å². The van der Waals surface area contributed by atoms with Crippen molar-refractivity contribution in [3.8, 4) is 28.5 Å². The second-order valence-electron chi connectivity index (χ2n) is 6.38. The Bertz CT molecular complexity index is 1020. The molecule has 3 rings (SSSR count). The molecule has 142 valence electrons. The fourth-order valence-electron chi connectivity index (χ4n) is 3.27. The summed E-state index contributed by atoms with van der Waals surface area (Å²) in [6, 6.07) is 9.45. The lowest BCUT2D eigenvalue weighted by molar-refractivity contribution is 0.324. The number of fused-ring (bicyclic) bond motifs is 1. The summed E-state index contributed by atoms with van der Waals surface area (Å²) in [7, 11) is 3.12. The van der Waals surface area contributed by atoms with Crippen LogP contribution in [-0.2, 0) is 0 Å². The molecular formula is C21H24N2O4. The summed E-state index contributed by atoms with van der Waals surface area (Å²) in [5.74, 6) is 1.94. The fourth-order valence-corrected chi connectivity index (χ4v) is 3.27. The molecule has 1 heterocycles. The summed E-state index contributed by atoms with van der Waals surface area (Å²) >= 11 is 0. The van der Waals surface area contributed by atoms with E-state index in [1.165, 1.54) is 7.11 Å². The van der Waals surface area contributed by atoms with Crippen molar-refractivity contribution in [1.82, 2.24) is 4.98 Å². The number of ether oxygens (including phenoxy) is 3. The van der Waals surface area contributed by atoms with E-state index in [1.807, 2.05) is 38.1 Å². The molecule has 6 heteroatoms. The summed E-state index contributed by atoms with van der Waals surface area (Å²) in [5.41, 5.74) is 8.93. The van der Waals surface area contributed by atoms with Crippen molar-refractivity contribution in [2.45, 2.75) is 13.8 Å². The maximum Gasteiger partial charge on any atom is 0.260 e. The number of methoxy groups -OCH3 is 2. The Morgan fingerprint density at radius 3 is 2.30 bits per heavy atom. The Morgan fingerprint density at radius 1 is 1.00 bits per heavy atom. The maximum absolute atomic E-state index is 12.7. The van der Waals surface area contributed by atoms with Crippen molar-refractivity contribution in [3.63, 3.8) is 0 Å². The van der Waals surface area contributed by atoms with Crippen molar-refractivity contribution in [2.75, 3.05) is 27.4 Å². The number of hydrogen-bond acceptors (Lipinski definition) is 5. The number of benzene rings is 2. The molecule has 3 N–H and O–H groups in total. The van der Waals surface area contributed by atoms with Gasteiger partial charge in [-0.2, -0.15) is 0 Å². The lowest BCUT2D eigenvalue weighted by atomic mass is 10.0. The predicted molar refractivity (Wildman–Crippen MR) is 107 cm³/mol. The molecule has 0 unspecified atom stereocenters. The minimum absolute atomic E-state index is 0.208. The smallest absolute Gasteiger partial charge is 0.260 e. The van der Waals surface area contributed by atoms with Crippen molar-refractivity contribution in [3.05, 3.63) is 51.8 Å². The van der Waals surface area contributed by atoms with Crippen LogP contribution in [0.5, 0.6) is 17.2 Å². The van der Waals surface area contributed by atoms with Gasteiger partial charge in [0, 0.05) is 18.3 Å². The third kappa shape index (κ3) is 3.61. The molecule has 1 aromatic heterocycles. The zero-order valence-electron chi connectivity index (χ0n) is 16.0. The molecule has 0 spiro atoms. The number of aromatic nitrogens is 1. The molecule has 0 saturated carbocycles. The number of pyridine rings is 1. The minimum Gasteiger partial charge on any atom is -0.497 e. The fraction of sp³-hybridized carbons (Fsp3) is 0.286. The Labute approximate surface area is 157 Å². The third-order valence-electron chi connectivity index (χ3n) is 4.47. The van der Waals surface area contributed by atoms with Crippen molar-refractivity contribution in [1.29, 1.82) is 0 Å². The van der Waals surface area contributed by atoms with E-state index >= 15 is 0 Å². The van der Waals surface area contributed by atoms with E-state index in [2.05, 4.69) is 4.98 Å². The minimum atomic E-state index is -0.208. The zero-order valence-corrected chi connectivity index (χ0v) is 16.0. The second kappa shape index (κ2) is 7.72. The Kier molecular flexibility index (Phi) is 5.37. The van der Waals surface area contributed by atoms with Gasteiger partial charge in [-0.15, -0.1) is 0 Å². The number of nitrogens with one attached hydrogen (secondary N) is 1. The monoisotopic (exact) mass is 368 g/mol. The van der Waals surface area contributed by atoms with Crippen molar-refractivity contribution in [2.24, 2.45) is 5.73 Å². The average Bonchev–Trinajstić information content (AvgIpc) is 2.66. The highest BCUT2D eigenvalue weighted by Gasteiger charge is 2.13. The van der Waals surface area contributed by atoms with Crippen LogP contribution in [0.2, 0.25) is 0 Å². The van der Waals surface area contributed by atoms with E-state index in [-0.39, 0.29) is 5.56 Å². The van der Waals surface area contributed by atoms with Crippen molar-refractivity contribution < 1.29 is 14.2 Å². The number of aryl methyl sites for hydroxylation is 2. The number of H-pyrrole nitrogens is 1. The van der Waals surface area contributed by atoms with Crippen molar-refractivity contribution >= 4 is 10.8 Å². The van der Waals surface area contributed by atoms with E-state index in [4.69, 9.17) is 19.9 Å². The highest BCUT2D eigenvalue weighted by Crippen LogP contribution is 2.33. The topological polar surface area (TPSA) is 86.6 Å². The van der Waals surface area contributed by atoms with E-state index in [0.717, 1.165) is 33.5 Å². The molecule has 0 bridgehead atoms. The molecule has 0 aliphatic rings. The molecule has 0 saturated heterocycles. The van der Waals surface area contributed by atoms with Crippen LogP contribution >= 0.6 is 0 Å². The van der Waals surface area contributed by atoms with Crippen LogP contribution < -0.4 is 25.5 Å². The van der Waals surface area contributed by atoms with E-state index in [9.17, 15) is 4.79 Å². The SMILES string of the molecule is COc1cc(OC)c2c(=O)[nH]c(-c3cc(C)c(OCCN)c(C)c3)cc2c1. The van der Waals surface area contributed by atoms with E-state index in [1.54, 1.807) is 13.2 Å². The summed E-state index contributed by atoms with van der Waals surface area (Å²) in [4.78, 5) is 15.7. The molecule has 0 atom stereocenters. The quantitative estimate of drug-likeness (QED) is 0.698. The molecule has 0 aliphatic heterocycles. The lowest BCUT2D eigenvalue weighted by Crippen LogP contribution is -2.12. The van der Waals surface area contributed by atoms with Gasteiger partial charge in [0.25, 0.3) is 5.56 Å². The predicted octanol–water partition coefficient (Wildman–Crippen LogP) is 3.17. The molecule has 0 amide bonds. The Balaban J connectivity index is 2.16. The van der Waals surface area contributed by atoms with Crippen LogP contribution in [0.1, 0.15) is 11.1 Å². The summed E-state index contributed by atoms with van der Waals surface area (Å²) in [6.45, 7) is 4.89. The third-order valence-corrected chi connectivity index (χ3v) is 4.47. The number of aromatic amines is 1. The van der Waals surface area contributed by atoms with Gasteiger partial charge < -0.3 is 24.9 Å². The van der Waals surface area contributed by atoms with Crippen LogP contribution in [-0.4, -0.2) is 32.4 Å². The standard InChI is InChI=1S/C21H24N2O4/c1-12-7-14(8-13(2)20(12)27-6-5-22)17-10-15-9-16(25-3)11-18(26-4)19(15)21(24)23-17/h7-11H,5-6,22H2,1-4H3,(H,23,24). The number of rotatable bonds is 6. The number of hydrogen-bond donors (Lipinski definition) is 2. The van der Waals surface area contributed by atoms with E-state index in [0.29, 0.717) is 30.0 Å². The van der Waals surface area contributed by atoms with Gasteiger partial charge in [0.05, 0.1) is 19.6 Å². The first kappa shape index (κ1) is 18.8. The van der Waals surface area contributed by atoms with Gasteiger partial charge in [-0.25, -0.2) is 0 Å². The second-order valence-corrected chi connectivity index (χ2v) is 6.38. The Morgan fingerprint density at radius 2 is 1.70 bits per heavy atom. The summed E-state index contributed by atoms with van der Waals surface area (Å²) in [6.07, 6.45) is 0. The lowest BCUT2D eigenvalue weighted by Gasteiger charge is -2.14. The highest BCUT2D eigenvalue weighted by molar-refractivity contribution is 5.91. The van der Waals surface area contributed by atoms with Crippen LogP contribution in [0.4, 0.5) is 0 Å². The van der Waals surface area contributed by atoms with Gasteiger partial charge in [0.1, 0.15) is 23.9 Å². The first-order valence-corrected chi connectivity index (χ1v) is 8.72. The van der Waals surface area contributed by atoms with E-state index < -0.39 is 0 Å². The molecule has 27 heavy (non-hydrogen) atoms. The zero-order chi connectivity index (χ0) is 19.6. The van der Waals surface area contributed by atoms with Crippen LogP contribution in [0.25, 0.3) is 22.0 Å².